The van der Waals surface area contributed by atoms with Crippen molar-refractivity contribution in [3.63, 3.8) is 0 Å². The smallest absolute Gasteiger partial charge is 0.364 e. The number of hydrogen-bond acceptors (Lipinski definition) is 3. The summed E-state index contributed by atoms with van der Waals surface area (Å²) < 4.78 is 51.0. The first kappa shape index (κ1) is 14.7. The first-order valence-corrected chi connectivity index (χ1v) is 6.24. The van der Waals surface area contributed by atoms with Gasteiger partial charge in [0.1, 0.15) is 11.6 Å². The Kier molecular flexibility index (Phi) is 4.22. The molecule has 0 spiro atoms. The Balaban J connectivity index is 2.06. The van der Waals surface area contributed by atoms with Crippen LogP contribution in [0.5, 0.6) is 0 Å². The summed E-state index contributed by atoms with van der Waals surface area (Å²) in [6, 6.07) is 6.37. The molecule has 1 heterocycles. The summed E-state index contributed by atoms with van der Waals surface area (Å²) in [7, 11) is 0. The molecule has 0 fully saturated rings. The second kappa shape index (κ2) is 5.74. The lowest BCUT2D eigenvalue weighted by atomic mass is 10.2. The molecule has 0 saturated carbocycles. The zero-order chi connectivity index (χ0) is 14.8. The highest BCUT2D eigenvalue weighted by Crippen LogP contribution is 2.27. The number of hydrogen-bond donors (Lipinski definition) is 1. The van der Waals surface area contributed by atoms with E-state index >= 15 is 0 Å². The number of nitrogens with zero attached hydrogens (tertiary/aromatic N) is 2. The van der Waals surface area contributed by atoms with Gasteiger partial charge in [0.05, 0.1) is 0 Å². The predicted octanol–water partition coefficient (Wildman–Crippen LogP) is 4.01. The number of benzene rings is 1. The number of rotatable bonds is 3. The molecule has 106 valence electrons. The van der Waals surface area contributed by atoms with Crippen LogP contribution in [0.3, 0.4) is 0 Å². The molecule has 0 aliphatic rings. The van der Waals surface area contributed by atoms with Gasteiger partial charge in [0.25, 0.3) is 0 Å². The minimum Gasteiger partial charge on any atom is -0.364 e. The molecule has 2 rings (SSSR count). The summed E-state index contributed by atoms with van der Waals surface area (Å²) in [5.74, 6) is -0.280. The van der Waals surface area contributed by atoms with Gasteiger partial charge in [-0.05, 0) is 30.3 Å². The number of anilines is 1. The van der Waals surface area contributed by atoms with Crippen LogP contribution in [0.25, 0.3) is 0 Å². The topological polar surface area (TPSA) is 37.8 Å². The maximum atomic E-state index is 13.4. The highest BCUT2D eigenvalue weighted by Gasteiger charge is 2.32. The SMILES string of the molecule is Fc1ccc(Br)cc1CNc1ccc(C(F)(F)F)nn1. The molecule has 0 unspecified atom stereocenters. The fourth-order valence-corrected chi connectivity index (χ4v) is 1.85. The van der Waals surface area contributed by atoms with Gasteiger partial charge in [-0.1, -0.05) is 15.9 Å². The number of alkyl halides is 3. The summed E-state index contributed by atoms with van der Waals surface area (Å²) in [6.07, 6.45) is -4.53. The third kappa shape index (κ3) is 3.66. The van der Waals surface area contributed by atoms with E-state index in [0.29, 0.717) is 10.0 Å². The summed E-state index contributed by atoms with van der Waals surface area (Å²) in [5, 5.41) is 9.16. The van der Waals surface area contributed by atoms with Gasteiger partial charge in [-0.15, -0.1) is 10.2 Å². The lowest BCUT2D eigenvalue weighted by Gasteiger charge is -2.08. The Morgan fingerprint density at radius 1 is 1.10 bits per heavy atom. The van der Waals surface area contributed by atoms with Crippen LogP contribution >= 0.6 is 15.9 Å². The molecule has 1 N–H and O–H groups in total. The van der Waals surface area contributed by atoms with E-state index in [0.717, 1.165) is 12.1 Å². The van der Waals surface area contributed by atoms with Crippen molar-refractivity contribution in [1.29, 1.82) is 0 Å². The maximum Gasteiger partial charge on any atom is 0.435 e. The van der Waals surface area contributed by atoms with Crippen LogP contribution in [0.2, 0.25) is 0 Å². The van der Waals surface area contributed by atoms with Gasteiger partial charge < -0.3 is 5.32 Å². The average molecular weight is 350 g/mol. The number of halogens is 5. The van der Waals surface area contributed by atoms with E-state index in [2.05, 4.69) is 31.4 Å². The van der Waals surface area contributed by atoms with Crippen LogP contribution in [0, 0.1) is 5.82 Å². The Morgan fingerprint density at radius 2 is 1.85 bits per heavy atom. The Morgan fingerprint density at radius 3 is 2.45 bits per heavy atom. The third-order valence-corrected chi connectivity index (χ3v) is 2.92. The second-order valence-corrected chi connectivity index (χ2v) is 4.81. The van der Waals surface area contributed by atoms with Crippen molar-refractivity contribution in [2.45, 2.75) is 12.7 Å². The Labute approximate surface area is 120 Å². The summed E-state index contributed by atoms with van der Waals surface area (Å²) in [6.45, 7) is 0.0886. The van der Waals surface area contributed by atoms with E-state index in [1.807, 2.05) is 0 Å². The second-order valence-electron chi connectivity index (χ2n) is 3.89. The van der Waals surface area contributed by atoms with Crippen LogP contribution < -0.4 is 5.32 Å². The van der Waals surface area contributed by atoms with E-state index in [1.165, 1.54) is 6.07 Å². The normalized spacial score (nSPS) is 11.4. The molecule has 0 atom stereocenters. The minimum absolute atomic E-state index is 0.0886. The third-order valence-electron chi connectivity index (χ3n) is 2.42. The molecule has 0 aliphatic heterocycles. The molecular weight excluding hydrogens is 342 g/mol. The van der Waals surface area contributed by atoms with E-state index < -0.39 is 17.7 Å². The van der Waals surface area contributed by atoms with Gasteiger partial charge in [0.15, 0.2) is 5.69 Å². The summed E-state index contributed by atoms with van der Waals surface area (Å²) in [5.41, 5.74) is -0.710. The zero-order valence-corrected chi connectivity index (χ0v) is 11.5. The highest BCUT2D eigenvalue weighted by molar-refractivity contribution is 9.10. The standard InChI is InChI=1S/C12H8BrF4N3/c13-8-1-2-9(14)7(5-8)6-18-11-4-3-10(19-20-11)12(15,16)17/h1-5H,6H2,(H,18,20). The zero-order valence-electron chi connectivity index (χ0n) is 9.88. The first-order valence-electron chi connectivity index (χ1n) is 5.45. The van der Waals surface area contributed by atoms with Gasteiger partial charge in [-0.25, -0.2) is 4.39 Å². The van der Waals surface area contributed by atoms with Gasteiger partial charge in [0, 0.05) is 16.6 Å². The predicted molar refractivity (Wildman–Crippen MR) is 68.5 cm³/mol. The highest BCUT2D eigenvalue weighted by atomic mass is 79.9. The summed E-state index contributed by atoms with van der Waals surface area (Å²) >= 11 is 3.21. The van der Waals surface area contributed by atoms with Gasteiger partial charge >= 0.3 is 6.18 Å². The molecule has 1 aromatic heterocycles. The van der Waals surface area contributed by atoms with Gasteiger partial charge in [0.2, 0.25) is 0 Å². The van der Waals surface area contributed by atoms with Crippen LogP contribution in [-0.2, 0) is 12.7 Å². The van der Waals surface area contributed by atoms with Crippen molar-refractivity contribution in [2.24, 2.45) is 0 Å². The molecule has 0 radical (unpaired) electrons. The van der Waals surface area contributed by atoms with Crippen LogP contribution in [0.4, 0.5) is 23.4 Å². The van der Waals surface area contributed by atoms with Crippen molar-refractivity contribution in [3.8, 4) is 0 Å². The van der Waals surface area contributed by atoms with E-state index in [1.54, 1.807) is 12.1 Å². The quantitative estimate of drug-likeness (QED) is 0.850. The molecule has 0 saturated heterocycles. The molecular formula is C12H8BrF4N3. The lowest BCUT2D eigenvalue weighted by Crippen LogP contribution is -2.10. The minimum atomic E-state index is -4.53. The van der Waals surface area contributed by atoms with Crippen molar-refractivity contribution < 1.29 is 17.6 Å². The monoisotopic (exact) mass is 349 g/mol. The van der Waals surface area contributed by atoms with Crippen molar-refractivity contribution in [3.05, 3.63) is 51.9 Å². The molecule has 1 aromatic carbocycles. The molecule has 20 heavy (non-hydrogen) atoms. The fraction of sp³-hybridized carbons (Fsp3) is 0.167. The van der Waals surface area contributed by atoms with Crippen LogP contribution in [0.15, 0.2) is 34.8 Å². The number of nitrogens with one attached hydrogen (secondary N) is 1. The molecule has 3 nitrogen and oxygen atoms in total. The molecule has 0 aliphatic carbocycles. The van der Waals surface area contributed by atoms with Crippen molar-refractivity contribution in [1.82, 2.24) is 10.2 Å². The van der Waals surface area contributed by atoms with E-state index in [9.17, 15) is 17.6 Å². The first-order chi connectivity index (χ1) is 9.36. The van der Waals surface area contributed by atoms with Crippen LogP contribution in [-0.4, -0.2) is 10.2 Å². The van der Waals surface area contributed by atoms with Gasteiger partial charge in [-0.2, -0.15) is 13.2 Å². The summed E-state index contributed by atoms with van der Waals surface area (Å²) in [4.78, 5) is 0. The van der Waals surface area contributed by atoms with Crippen LogP contribution in [0.1, 0.15) is 11.3 Å². The molecule has 2 aromatic rings. The number of aromatic nitrogens is 2. The van der Waals surface area contributed by atoms with Crippen molar-refractivity contribution >= 4 is 21.7 Å². The van der Waals surface area contributed by atoms with Crippen molar-refractivity contribution in [2.75, 3.05) is 5.32 Å². The van der Waals surface area contributed by atoms with E-state index in [4.69, 9.17) is 0 Å². The average Bonchev–Trinajstić information content (AvgIpc) is 2.39. The largest absolute Gasteiger partial charge is 0.435 e. The fourth-order valence-electron chi connectivity index (χ4n) is 1.44. The lowest BCUT2D eigenvalue weighted by molar-refractivity contribution is -0.141. The molecule has 8 heteroatoms. The molecule has 0 amide bonds. The Hall–Kier alpha value is -1.70. The Bertz CT molecular complexity index is 599. The maximum absolute atomic E-state index is 13.4. The van der Waals surface area contributed by atoms with Gasteiger partial charge in [-0.3, -0.25) is 0 Å². The molecule has 0 bridgehead atoms. The van der Waals surface area contributed by atoms with E-state index in [-0.39, 0.29) is 12.4 Å².